The highest BCUT2D eigenvalue weighted by atomic mass is 32.2. The molecule has 1 aromatic carbocycles. The highest BCUT2D eigenvalue weighted by Crippen LogP contribution is 2.38. The number of allylic oxidation sites excluding steroid dienone is 2. The number of ether oxygens (including phenoxy) is 1. The van der Waals surface area contributed by atoms with Crippen molar-refractivity contribution in [1.82, 2.24) is 5.32 Å². The molecule has 1 aliphatic rings. The van der Waals surface area contributed by atoms with Crippen LogP contribution in [0.25, 0.3) is 0 Å². The minimum Gasteiger partial charge on any atom is -0.400 e. The highest BCUT2D eigenvalue weighted by Gasteiger charge is 2.33. The fraction of sp³-hybridized carbons (Fsp3) is 0.676. The summed E-state index contributed by atoms with van der Waals surface area (Å²) in [5.41, 5.74) is 1.40. The van der Waals surface area contributed by atoms with Crippen LogP contribution in [0, 0.1) is 22.0 Å². The smallest absolute Gasteiger partial charge is 0.294 e. The number of carbonyl (C=O) groups excluding carboxylic acids is 3. The zero-order valence-electron chi connectivity index (χ0n) is 27.8. The van der Waals surface area contributed by atoms with Gasteiger partial charge in [0.15, 0.2) is 5.12 Å². The maximum atomic E-state index is 12.0. The molecular formula is C34H56N2O9S. The summed E-state index contributed by atoms with van der Waals surface area (Å²) in [5.74, 6) is 0.991. The summed E-state index contributed by atoms with van der Waals surface area (Å²) >= 11 is 1.11. The van der Waals surface area contributed by atoms with Crippen molar-refractivity contribution >= 4 is 29.1 Å². The molecule has 0 radical (unpaired) electrons. The lowest BCUT2D eigenvalue weighted by Gasteiger charge is -2.21. The van der Waals surface area contributed by atoms with E-state index in [0.29, 0.717) is 37.6 Å². The monoisotopic (exact) mass is 668 g/mol. The molecule has 12 heteroatoms. The highest BCUT2D eigenvalue weighted by molar-refractivity contribution is 8.13. The standard InChI is InChI=1S/C28H41NO4S.C5H11NO4.CH4O/c1-22(31)29-25(20-30)21-34-28(33)17-11-3-2-9-15-24-18-19-27(32)26(24)16-10-5-8-14-23-12-6-4-7-13-23;1-9-4-2-3-5-10-6(7)8;1-2/h2,4,6-7,9,12-13,20,24-27,32H,3,5,8,10-11,14-19,21H2,1H3,(H,29,31);2-5H2,1H3;2H,1H3/b9-2-;;/t24-,25?,26?,27+;;/m0../s1. The van der Waals surface area contributed by atoms with Crippen LogP contribution in [-0.4, -0.2) is 77.9 Å². The largest absolute Gasteiger partial charge is 0.400 e. The summed E-state index contributed by atoms with van der Waals surface area (Å²) in [5, 5.41) is 28.8. The lowest BCUT2D eigenvalue weighted by molar-refractivity contribution is -0.757. The molecule has 1 saturated carbocycles. The first-order valence-corrected chi connectivity index (χ1v) is 17.2. The van der Waals surface area contributed by atoms with E-state index < -0.39 is 11.1 Å². The van der Waals surface area contributed by atoms with Crippen molar-refractivity contribution in [3.8, 4) is 0 Å². The second-order valence-electron chi connectivity index (χ2n) is 11.1. The minimum atomic E-state index is -0.785. The molecular weight excluding hydrogens is 612 g/mol. The van der Waals surface area contributed by atoms with Gasteiger partial charge in [0.2, 0.25) is 5.91 Å². The quantitative estimate of drug-likeness (QED) is 0.0473. The lowest BCUT2D eigenvalue weighted by Crippen LogP contribution is -2.36. The molecule has 0 heterocycles. The number of carbonyl (C=O) groups is 3. The van der Waals surface area contributed by atoms with E-state index >= 15 is 0 Å². The normalized spacial score (nSPS) is 17.6. The number of methoxy groups -OCH3 is 1. The van der Waals surface area contributed by atoms with Crippen molar-refractivity contribution in [2.75, 3.05) is 33.2 Å². The number of thioether (sulfide) groups is 1. The number of rotatable bonds is 22. The number of aldehydes is 1. The molecule has 0 saturated heterocycles. The van der Waals surface area contributed by atoms with Gasteiger partial charge in [0, 0.05) is 39.9 Å². The van der Waals surface area contributed by atoms with Crippen LogP contribution in [-0.2, 0) is 30.4 Å². The fourth-order valence-corrected chi connectivity index (χ4v) is 6.07. The van der Waals surface area contributed by atoms with Crippen LogP contribution in [0.3, 0.4) is 0 Å². The summed E-state index contributed by atoms with van der Waals surface area (Å²) in [6, 6.07) is 10.0. The van der Waals surface area contributed by atoms with Crippen LogP contribution in [0.1, 0.15) is 89.5 Å². The van der Waals surface area contributed by atoms with Gasteiger partial charge < -0.3 is 29.9 Å². The molecule has 4 atom stereocenters. The Labute approximate surface area is 279 Å². The molecule has 1 amide bonds. The van der Waals surface area contributed by atoms with Crippen molar-refractivity contribution < 1.29 is 39.3 Å². The van der Waals surface area contributed by atoms with E-state index in [0.717, 1.165) is 70.2 Å². The second-order valence-corrected chi connectivity index (χ2v) is 12.2. The zero-order valence-corrected chi connectivity index (χ0v) is 28.7. The Bertz CT molecular complexity index is 965. The molecule has 46 heavy (non-hydrogen) atoms. The summed E-state index contributed by atoms with van der Waals surface area (Å²) in [4.78, 5) is 47.5. The summed E-state index contributed by atoms with van der Waals surface area (Å²) < 4.78 is 4.72. The van der Waals surface area contributed by atoms with Gasteiger partial charge in [-0.25, -0.2) is 0 Å². The average Bonchev–Trinajstić information content (AvgIpc) is 3.40. The van der Waals surface area contributed by atoms with E-state index in [1.54, 1.807) is 7.11 Å². The third kappa shape index (κ3) is 23.5. The molecule has 2 unspecified atom stereocenters. The van der Waals surface area contributed by atoms with Crippen molar-refractivity contribution in [2.24, 2.45) is 11.8 Å². The second kappa shape index (κ2) is 29.6. The number of amides is 1. The fourth-order valence-electron chi connectivity index (χ4n) is 5.25. The van der Waals surface area contributed by atoms with Crippen LogP contribution in [0.5, 0.6) is 0 Å². The SMILES string of the molecule is CC(=O)NC(C=O)CSC(=O)CCC/C=C\C[C@H]1CC[C@@H](O)C1CCCCCc1ccccc1.CO.COCCCCO[N+](=O)[O-]. The first-order valence-electron chi connectivity index (χ1n) is 16.2. The van der Waals surface area contributed by atoms with Crippen LogP contribution >= 0.6 is 11.8 Å². The third-order valence-electron chi connectivity index (χ3n) is 7.55. The van der Waals surface area contributed by atoms with Crippen LogP contribution in [0.2, 0.25) is 0 Å². The summed E-state index contributed by atoms with van der Waals surface area (Å²) in [6.07, 6.45) is 17.3. The molecule has 1 aromatic rings. The van der Waals surface area contributed by atoms with Crippen LogP contribution in [0.15, 0.2) is 42.5 Å². The van der Waals surface area contributed by atoms with Crippen LogP contribution < -0.4 is 5.32 Å². The number of benzene rings is 1. The van der Waals surface area contributed by atoms with E-state index in [9.17, 15) is 29.6 Å². The zero-order chi connectivity index (χ0) is 34.4. The van der Waals surface area contributed by atoms with E-state index in [4.69, 9.17) is 9.84 Å². The maximum absolute atomic E-state index is 12.0. The molecule has 1 fully saturated rings. The molecule has 0 bridgehead atoms. The predicted molar refractivity (Wildman–Crippen MR) is 182 cm³/mol. The first-order chi connectivity index (χ1) is 22.3. The Hall–Kier alpha value is -2.80. The number of hydrogen-bond acceptors (Lipinski definition) is 10. The number of hydrogen-bond donors (Lipinski definition) is 3. The van der Waals surface area contributed by atoms with Gasteiger partial charge in [0.1, 0.15) is 6.29 Å². The molecule has 11 nitrogen and oxygen atoms in total. The maximum Gasteiger partial charge on any atom is 0.294 e. The Morgan fingerprint density at radius 2 is 1.78 bits per heavy atom. The Morgan fingerprint density at radius 1 is 1.07 bits per heavy atom. The molecule has 3 N–H and O–H groups in total. The van der Waals surface area contributed by atoms with Gasteiger partial charge in [-0.15, -0.1) is 10.1 Å². The van der Waals surface area contributed by atoms with Gasteiger partial charge in [0.05, 0.1) is 18.8 Å². The first kappa shape index (κ1) is 43.2. The predicted octanol–water partition coefficient (Wildman–Crippen LogP) is 5.49. The molecule has 0 aliphatic heterocycles. The number of aliphatic hydroxyl groups excluding tert-OH is 2. The van der Waals surface area contributed by atoms with E-state index in [1.807, 2.05) is 0 Å². The average molecular weight is 669 g/mol. The lowest BCUT2D eigenvalue weighted by atomic mass is 9.87. The van der Waals surface area contributed by atoms with Gasteiger partial charge in [-0.1, -0.05) is 67.1 Å². The van der Waals surface area contributed by atoms with Gasteiger partial charge in [-0.05, 0) is 81.6 Å². The molecule has 0 spiro atoms. The van der Waals surface area contributed by atoms with Crippen molar-refractivity contribution in [2.45, 2.75) is 103 Å². The van der Waals surface area contributed by atoms with Gasteiger partial charge in [0.25, 0.3) is 5.09 Å². The molecule has 262 valence electrons. The minimum absolute atomic E-state index is 0.0526. The Morgan fingerprint density at radius 3 is 2.43 bits per heavy atom. The van der Waals surface area contributed by atoms with Gasteiger partial charge >= 0.3 is 0 Å². The van der Waals surface area contributed by atoms with Gasteiger partial charge in [-0.2, -0.15) is 0 Å². The summed E-state index contributed by atoms with van der Waals surface area (Å²) in [6.45, 7) is 2.15. The van der Waals surface area contributed by atoms with Gasteiger partial charge in [-0.3, -0.25) is 9.59 Å². The number of aryl methyl sites for hydroxylation is 1. The topological polar surface area (TPSA) is 165 Å². The third-order valence-corrected chi connectivity index (χ3v) is 8.60. The van der Waals surface area contributed by atoms with Crippen molar-refractivity contribution in [3.63, 3.8) is 0 Å². The number of nitrogens with one attached hydrogen (secondary N) is 1. The number of aliphatic hydroxyl groups is 2. The number of nitrogens with zero attached hydrogens (tertiary/aromatic N) is 1. The molecule has 1 aliphatic carbocycles. The Balaban J connectivity index is 0.00000144. The van der Waals surface area contributed by atoms with Crippen LogP contribution in [0.4, 0.5) is 0 Å². The number of unbranched alkanes of at least 4 members (excludes halogenated alkanes) is 4. The molecule has 2 rings (SSSR count). The van der Waals surface area contributed by atoms with E-state index in [-0.39, 0.29) is 29.5 Å². The van der Waals surface area contributed by atoms with E-state index in [1.165, 1.54) is 31.7 Å². The summed E-state index contributed by atoms with van der Waals surface area (Å²) in [7, 11) is 2.59. The van der Waals surface area contributed by atoms with Crippen molar-refractivity contribution in [3.05, 3.63) is 58.2 Å². The molecule has 0 aromatic heterocycles. The Kier molecular flexibility index (Phi) is 27.8. The van der Waals surface area contributed by atoms with E-state index in [2.05, 4.69) is 52.6 Å². The van der Waals surface area contributed by atoms with Crippen molar-refractivity contribution in [1.29, 1.82) is 0 Å².